The molecule has 0 fully saturated rings. The first kappa shape index (κ1) is 16.6. The molecular weight excluding hydrogens is 345 g/mol. The van der Waals surface area contributed by atoms with Crippen molar-refractivity contribution in [3.05, 3.63) is 64.8 Å². The Hall–Kier alpha value is -2.30. The smallest absolute Gasteiger partial charge is 0.226 e. The molecule has 0 radical (unpaired) electrons. The third-order valence-corrected chi connectivity index (χ3v) is 4.07. The molecule has 2 N–H and O–H groups in total. The second-order valence-corrected chi connectivity index (χ2v) is 6.07. The summed E-state index contributed by atoms with van der Waals surface area (Å²) in [6, 6.07) is 14.8. The molecule has 4 nitrogen and oxygen atoms in total. The number of hydrogen-bond acceptors (Lipinski definition) is 3. The molecule has 0 saturated carbocycles. The van der Waals surface area contributed by atoms with Gasteiger partial charge >= 0.3 is 0 Å². The normalized spacial score (nSPS) is 10.6. The summed E-state index contributed by atoms with van der Waals surface area (Å²) in [7, 11) is 0. The van der Waals surface area contributed by atoms with Crippen LogP contribution in [0.2, 0.25) is 10.0 Å². The monoisotopic (exact) mass is 359 g/mol. The highest BCUT2D eigenvalue weighted by Crippen LogP contribution is 2.25. The fourth-order valence-electron chi connectivity index (χ4n) is 2.36. The maximum atomic E-state index is 12.1. The summed E-state index contributed by atoms with van der Waals surface area (Å²) in [5, 5.41) is 8.05. The van der Waals surface area contributed by atoms with Crippen molar-refractivity contribution in [1.82, 2.24) is 4.98 Å². The van der Waals surface area contributed by atoms with E-state index in [4.69, 9.17) is 23.2 Å². The highest BCUT2D eigenvalue weighted by Gasteiger charge is 2.07. The number of nitrogens with zero attached hydrogens (tertiary/aromatic N) is 1. The zero-order valence-electron chi connectivity index (χ0n) is 12.7. The van der Waals surface area contributed by atoms with Crippen molar-refractivity contribution in [1.29, 1.82) is 0 Å². The minimum atomic E-state index is -0.139. The lowest BCUT2D eigenvalue weighted by Crippen LogP contribution is -2.16. The highest BCUT2D eigenvalue weighted by atomic mass is 35.5. The lowest BCUT2D eigenvalue weighted by Gasteiger charge is -2.10. The zero-order chi connectivity index (χ0) is 16.9. The number of fused-ring (bicyclic) bond motifs is 1. The molecule has 0 aliphatic carbocycles. The van der Waals surface area contributed by atoms with Gasteiger partial charge in [0.05, 0.1) is 21.9 Å². The van der Waals surface area contributed by atoms with Crippen molar-refractivity contribution < 1.29 is 4.79 Å². The molecule has 0 atom stereocenters. The molecule has 1 aromatic heterocycles. The van der Waals surface area contributed by atoms with Crippen LogP contribution in [-0.4, -0.2) is 17.4 Å². The van der Waals surface area contributed by atoms with Crippen LogP contribution >= 0.6 is 23.2 Å². The molecule has 0 aliphatic rings. The number of nitrogens with one attached hydrogen (secondary N) is 2. The molecule has 3 aromatic rings. The molecule has 1 amide bonds. The zero-order valence-corrected chi connectivity index (χ0v) is 14.2. The van der Waals surface area contributed by atoms with Gasteiger partial charge in [-0.15, -0.1) is 0 Å². The van der Waals surface area contributed by atoms with Crippen molar-refractivity contribution in [3.63, 3.8) is 0 Å². The predicted molar refractivity (Wildman–Crippen MR) is 99.9 cm³/mol. The van der Waals surface area contributed by atoms with Gasteiger partial charge in [-0.2, -0.15) is 0 Å². The Morgan fingerprint density at radius 1 is 1.04 bits per heavy atom. The van der Waals surface area contributed by atoms with E-state index in [0.717, 1.165) is 16.6 Å². The van der Waals surface area contributed by atoms with Gasteiger partial charge in [0.1, 0.15) is 0 Å². The van der Waals surface area contributed by atoms with E-state index in [-0.39, 0.29) is 5.91 Å². The van der Waals surface area contributed by atoms with Crippen LogP contribution in [0.5, 0.6) is 0 Å². The SMILES string of the molecule is O=C(CCNc1cccc2cccnc12)Nc1cc(Cl)ccc1Cl. The fourth-order valence-corrected chi connectivity index (χ4v) is 2.70. The summed E-state index contributed by atoms with van der Waals surface area (Å²) in [4.78, 5) is 16.4. The Morgan fingerprint density at radius 3 is 2.75 bits per heavy atom. The maximum Gasteiger partial charge on any atom is 0.226 e. The van der Waals surface area contributed by atoms with Crippen molar-refractivity contribution in [3.8, 4) is 0 Å². The van der Waals surface area contributed by atoms with Gasteiger partial charge in [-0.1, -0.05) is 41.4 Å². The van der Waals surface area contributed by atoms with Crippen LogP contribution in [0.4, 0.5) is 11.4 Å². The van der Waals surface area contributed by atoms with E-state index >= 15 is 0 Å². The standard InChI is InChI=1S/C18H15Cl2N3O/c19-13-6-7-14(20)16(11-13)23-17(24)8-10-21-15-5-1-3-12-4-2-9-22-18(12)15/h1-7,9,11,21H,8,10H2,(H,23,24). The number of hydrogen-bond donors (Lipinski definition) is 2. The number of anilines is 2. The second kappa shape index (κ2) is 7.51. The highest BCUT2D eigenvalue weighted by molar-refractivity contribution is 6.35. The van der Waals surface area contributed by atoms with E-state index in [2.05, 4.69) is 15.6 Å². The lowest BCUT2D eigenvalue weighted by atomic mass is 10.2. The first-order valence-corrected chi connectivity index (χ1v) is 8.21. The molecule has 0 saturated heterocycles. The molecule has 24 heavy (non-hydrogen) atoms. The fraction of sp³-hybridized carbons (Fsp3) is 0.111. The summed E-state index contributed by atoms with van der Waals surface area (Å²) >= 11 is 11.9. The minimum absolute atomic E-state index is 0.139. The number of amides is 1. The van der Waals surface area contributed by atoms with Gasteiger partial charge in [0.25, 0.3) is 0 Å². The first-order chi connectivity index (χ1) is 11.6. The van der Waals surface area contributed by atoms with Gasteiger partial charge < -0.3 is 10.6 Å². The van der Waals surface area contributed by atoms with Crippen molar-refractivity contribution in [2.24, 2.45) is 0 Å². The van der Waals surface area contributed by atoms with Crippen LogP contribution < -0.4 is 10.6 Å². The summed E-state index contributed by atoms with van der Waals surface area (Å²) < 4.78 is 0. The Balaban J connectivity index is 1.59. The molecular formula is C18H15Cl2N3O. The van der Waals surface area contributed by atoms with Gasteiger partial charge in [-0.3, -0.25) is 9.78 Å². The van der Waals surface area contributed by atoms with Crippen LogP contribution in [-0.2, 0) is 4.79 Å². The summed E-state index contributed by atoms with van der Waals surface area (Å²) in [5.74, 6) is -0.139. The molecule has 0 spiro atoms. The van der Waals surface area contributed by atoms with Crippen LogP contribution in [0, 0.1) is 0 Å². The van der Waals surface area contributed by atoms with E-state index in [9.17, 15) is 4.79 Å². The van der Waals surface area contributed by atoms with Crippen LogP contribution in [0.25, 0.3) is 10.9 Å². The Morgan fingerprint density at radius 2 is 1.88 bits per heavy atom. The van der Waals surface area contributed by atoms with Crippen molar-refractivity contribution in [2.75, 3.05) is 17.2 Å². The maximum absolute atomic E-state index is 12.1. The topological polar surface area (TPSA) is 54.0 Å². The molecule has 1 heterocycles. The van der Waals surface area contributed by atoms with Crippen LogP contribution in [0.15, 0.2) is 54.7 Å². The third kappa shape index (κ3) is 3.96. The van der Waals surface area contributed by atoms with E-state index in [1.807, 2.05) is 30.3 Å². The van der Waals surface area contributed by atoms with Gasteiger partial charge in [0, 0.05) is 29.6 Å². The van der Waals surface area contributed by atoms with E-state index in [1.165, 1.54) is 0 Å². The van der Waals surface area contributed by atoms with Gasteiger partial charge in [-0.25, -0.2) is 0 Å². The van der Waals surface area contributed by atoms with Crippen LogP contribution in [0.3, 0.4) is 0 Å². The number of benzene rings is 2. The molecule has 3 rings (SSSR count). The van der Waals surface area contributed by atoms with Gasteiger partial charge in [0.2, 0.25) is 5.91 Å². The number of carbonyl (C=O) groups is 1. The summed E-state index contributed by atoms with van der Waals surface area (Å²) in [5.41, 5.74) is 2.31. The minimum Gasteiger partial charge on any atom is -0.383 e. The van der Waals surface area contributed by atoms with E-state index in [0.29, 0.717) is 28.7 Å². The molecule has 6 heteroatoms. The molecule has 122 valence electrons. The average molecular weight is 360 g/mol. The summed E-state index contributed by atoms with van der Waals surface area (Å²) in [6.07, 6.45) is 2.05. The largest absolute Gasteiger partial charge is 0.383 e. The van der Waals surface area contributed by atoms with Gasteiger partial charge in [0.15, 0.2) is 0 Å². The molecule has 0 unspecified atom stereocenters. The number of halogens is 2. The summed E-state index contributed by atoms with van der Waals surface area (Å²) in [6.45, 7) is 0.486. The number of pyridine rings is 1. The number of aromatic nitrogens is 1. The molecule has 0 bridgehead atoms. The Kier molecular flexibility index (Phi) is 5.18. The Bertz CT molecular complexity index is 878. The number of carbonyl (C=O) groups excluding carboxylic acids is 1. The molecule has 0 aliphatic heterocycles. The number of rotatable bonds is 5. The quantitative estimate of drug-likeness (QED) is 0.675. The van der Waals surface area contributed by atoms with E-state index < -0.39 is 0 Å². The van der Waals surface area contributed by atoms with Gasteiger partial charge in [-0.05, 0) is 30.3 Å². The predicted octanol–water partition coefficient (Wildman–Crippen LogP) is 4.98. The van der Waals surface area contributed by atoms with Crippen molar-refractivity contribution >= 4 is 51.4 Å². The number of para-hydroxylation sites is 1. The second-order valence-electron chi connectivity index (χ2n) is 5.23. The third-order valence-electron chi connectivity index (χ3n) is 3.50. The first-order valence-electron chi connectivity index (χ1n) is 7.46. The lowest BCUT2D eigenvalue weighted by molar-refractivity contribution is -0.115. The van der Waals surface area contributed by atoms with Crippen LogP contribution in [0.1, 0.15) is 6.42 Å². The van der Waals surface area contributed by atoms with Crippen molar-refractivity contribution in [2.45, 2.75) is 6.42 Å². The van der Waals surface area contributed by atoms with E-state index in [1.54, 1.807) is 24.4 Å². The Labute approximate surface area is 149 Å². The molecule has 2 aromatic carbocycles. The average Bonchev–Trinajstić information content (AvgIpc) is 2.58.